The van der Waals surface area contributed by atoms with Gasteiger partial charge in [-0.3, -0.25) is 0 Å². The van der Waals surface area contributed by atoms with E-state index in [4.69, 9.17) is 14.2 Å². The Bertz CT molecular complexity index is 268. The van der Waals surface area contributed by atoms with Crippen molar-refractivity contribution >= 4 is 5.69 Å². The molecule has 0 radical (unpaired) electrons. The van der Waals surface area contributed by atoms with Crippen molar-refractivity contribution in [2.75, 3.05) is 39.7 Å². The maximum Gasteiger partial charge on any atom is 0.120 e. The largest absolute Gasteiger partial charge is 0.497 e. The number of hydrogen-bond acceptors (Lipinski definition) is 4. The second kappa shape index (κ2) is 6.27. The van der Waals surface area contributed by atoms with Gasteiger partial charge in [-0.25, -0.2) is 0 Å². The minimum atomic E-state index is 0.500. The second-order valence-corrected chi connectivity index (χ2v) is 3.07. The fourth-order valence-electron chi connectivity index (χ4n) is 1.29. The summed E-state index contributed by atoms with van der Waals surface area (Å²) in [7, 11) is 4.97. The SMILES string of the molecule is COCN(COC)c1ccc(OC)cc1. The standard InChI is InChI=1S/C11H17NO3/c1-13-8-12(9-14-2)10-4-6-11(15-3)7-5-10/h4-7H,8-9H2,1-3H3. The molecule has 4 nitrogen and oxygen atoms in total. The lowest BCUT2D eigenvalue weighted by atomic mass is 10.3. The van der Waals surface area contributed by atoms with Gasteiger partial charge in [0.15, 0.2) is 0 Å². The van der Waals surface area contributed by atoms with E-state index in [0.29, 0.717) is 13.5 Å². The van der Waals surface area contributed by atoms with Crippen molar-refractivity contribution in [2.24, 2.45) is 0 Å². The zero-order chi connectivity index (χ0) is 11.1. The lowest BCUT2D eigenvalue weighted by Crippen LogP contribution is -2.27. The van der Waals surface area contributed by atoms with Crippen LogP contribution >= 0.6 is 0 Å². The van der Waals surface area contributed by atoms with Crippen LogP contribution in [0.15, 0.2) is 24.3 Å². The van der Waals surface area contributed by atoms with E-state index in [9.17, 15) is 0 Å². The molecule has 4 heteroatoms. The van der Waals surface area contributed by atoms with Crippen LogP contribution in [0.25, 0.3) is 0 Å². The maximum atomic E-state index is 5.09. The molecule has 0 aromatic heterocycles. The van der Waals surface area contributed by atoms with E-state index in [1.807, 2.05) is 29.2 Å². The van der Waals surface area contributed by atoms with Gasteiger partial charge in [-0.1, -0.05) is 0 Å². The van der Waals surface area contributed by atoms with Gasteiger partial charge in [0.1, 0.15) is 19.2 Å². The number of hydrogen-bond donors (Lipinski definition) is 0. The summed E-state index contributed by atoms with van der Waals surface area (Å²) in [6, 6.07) is 7.76. The van der Waals surface area contributed by atoms with Gasteiger partial charge >= 0.3 is 0 Å². The van der Waals surface area contributed by atoms with Crippen LogP contribution in [0.5, 0.6) is 5.75 Å². The summed E-state index contributed by atoms with van der Waals surface area (Å²) in [5, 5.41) is 0. The van der Waals surface area contributed by atoms with Crippen LogP contribution < -0.4 is 9.64 Å². The van der Waals surface area contributed by atoms with Gasteiger partial charge in [-0.15, -0.1) is 0 Å². The second-order valence-electron chi connectivity index (χ2n) is 3.07. The highest BCUT2D eigenvalue weighted by Gasteiger charge is 2.04. The first kappa shape index (κ1) is 11.8. The van der Waals surface area contributed by atoms with Crippen LogP contribution in [0.4, 0.5) is 5.69 Å². The van der Waals surface area contributed by atoms with Gasteiger partial charge in [-0.05, 0) is 24.3 Å². The maximum absolute atomic E-state index is 5.09. The molecule has 84 valence electrons. The zero-order valence-corrected chi connectivity index (χ0v) is 9.40. The molecule has 1 rings (SSSR count). The Hall–Kier alpha value is -1.26. The van der Waals surface area contributed by atoms with Crippen molar-refractivity contribution in [1.29, 1.82) is 0 Å². The van der Waals surface area contributed by atoms with E-state index >= 15 is 0 Å². The molecule has 0 N–H and O–H groups in total. The molecule has 1 aromatic rings. The summed E-state index contributed by atoms with van der Waals surface area (Å²) >= 11 is 0. The molecule has 1 aromatic carbocycles. The molecule has 0 amide bonds. The third-order valence-corrected chi connectivity index (χ3v) is 2.01. The van der Waals surface area contributed by atoms with Crippen molar-refractivity contribution in [2.45, 2.75) is 0 Å². The Kier molecular flexibility index (Phi) is 4.93. The van der Waals surface area contributed by atoms with Crippen molar-refractivity contribution in [3.8, 4) is 5.75 Å². The van der Waals surface area contributed by atoms with Gasteiger partial charge in [0.25, 0.3) is 0 Å². The molecule has 0 bridgehead atoms. The first-order valence-corrected chi connectivity index (χ1v) is 4.68. The number of nitrogens with zero attached hydrogens (tertiary/aromatic N) is 1. The topological polar surface area (TPSA) is 30.9 Å². The monoisotopic (exact) mass is 211 g/mol. The smallest absolute Gasteiger partial charge is 0.120 e. The van der Waals surface area contributed by atoms with Crippen LogP contribution in [0.2, 0.25) is 0 Å². The molecule has 0 aliphatic heterocycles. The lowest BCUT2D eigenvalue weighted by Gasteiger charge is -2.22. The molecule has 0 fully saturated rings. The van der Waals surface area contributed by atoms with E-state index in [1.165, 1.54) is 0 Å². The molecule has 15 heavy (non-hydrogen) atoms. The van der Waals surface area contributed by atoms with Gasteiger partial charge in [0.05, 0.1) is 7.11 Å². The molecule has 0 saturated carbocycles. The van der Waals surface area contributed by atoms with Gasteiger partial charge in [0.2, 0.25) is 0 Å². The molecular weight excluding hydrogens is 194 g/mol. The Morgan fingerprint density at radius 2 is 1.47 bits per heavy atom. The first-order chi connectivity index (χ1) is 7.31. The molecule has 0 heterocycles. The Balaban J connectivity index is 2.72. The summed E-state index contributed by atoms with van der Waals surface area (Å²) < 4.78 is 15.3. The predicted molar refractivity (Wildman–Crippen MR) is 59.2 cm³/mol. The lowest BCUT2D eigenvalue weighted by molar-refractivity contribution is 0.140. The number of benzene rings is 1. The van der Waals surface area contributed by atoms with E-state index in [0.717, 1.165) is 11.4 Å². The Morgan fingerprint density at radius 3 is 1.87 bits per heavy atom. The van der Waals surface area contributed by atoms with Gasteiger partial charge in [-0.2, -0.15) is 0 Å². The van der Waals surface area contributed by atoms with Crippen LogP contribution in [-0.2, 0) is 9.47 Å². The fraction of sp³-hybridized carbons (Fsp3) is 0.455. The fourth-order valence-corrected chi connectivity index (χ4v) is 1.29. The quantitative estimate of drug-likeness (QED) is 0.670. The molecule has 0 aliphatic rings. The van der Waals surface area contributed by atoms with Crippen LogP contribution in [0.1, 0.15) is 0 Å². The summed E-state index contributed by atoms with van der Waals surface area (Å²) in [6.45, 7) is 1.00. The Labute approximate surface area is 90.4 Å². The van der Waals surface area contributed by atoms with Crippen LogP contribution in [-0.4, -0.2) is 34.8 Å². The number of methoxy groups -OCH3 is 3. The van der Waals surface area contributed by atoms with Crippen LogP contribution in [0, 0.1) is 0 Å². The number of ether oxygens (including phenoxy) is 3. The summed E-state index contributed by atoms with van der Waals surface area (Å²) in [5.74, 6) is 0.841. The molecule has 0 saturated heterocycles. The minimum Gasteiger partial charge on any atom is -0.497 e. The highest BCUT2D eigenvalue weighted by atomic mass is 16.5. The van der Waals surface area contributed by atoms with Gasteiger partial charge in [0, 0.05) is 19.9 Å². The summed E-state index contributed by atoms with van der Waals surface area (Å²) in [4.78, 5) is 1.97. The van der Waals surface area contributed by atoms with Crippen molar-refractivity contribution in [3.63, 3.8) is 0 Å². The van der Waals surface area contributed by atoms with E-state index in [1.54, 1.807) is 21.3 Å². The third-order valence-electron chi connectivity index (χ3n) is 2.01. The zero-order valence-electron chi connectivity index (χ0n) is 9.40. The number of anilines is 1. The van der Waals surface area contributed by atoms with Crippen molar-refractivity contribution in [1.82, 2.24) is 0 Å². The normalized spacial score (nSPS) is 10.1. The van der Waals surface area contributed by atoms with Crippen molar-refractivity contribution < 1.29 is 14.2 Å². The molecule has 0 spiro atoms. The van der Waals surface area contributed by atoms with E-state index in [-0.39, 0.29) is 0 Å². The Morgan fingerprint density at radius 1 is 0.933 bits per heavy atom. The van der Waals surface area contributed by atoms with E-state index in [2.05, 4.69) is 0 Å². The minimum absolute atomic E-state index is 0.500. The molecule has 0 atom stereocenters. The third kappa shape index (κ3) is 3.42. The molecule has 0 unspecified atom stereocenters. The summed E-state index contributed by atoms with van der Waals surface area (Å²) in [5.41, 5.74) is 1.04. The number of rotatable bonds is 6. The van der Waals surface area contributed by atoms with Crippen molar-refractivity contribution in [3.05, 3.63) is 24.3 Å². The van der Waals surface area contributed by atoms with Crippen LogP contribution in [0.3, 0.4) is 0 Å². The molecular formula is C11H17NO3. The van der Waals surface area contributed by atoms with Gasteiger partial charge < -0.3 is 19.1 Å². The summed E-state index contributed by atoms with van der Waals surface area (Å²) in [6.07, 6.45) is 0. The highest BCUT2D eigenvalue weighted by Crippen LogP contribution is 2.18. The molecule has 0 aliphatic carbocycles. The first-order valence-electron chi connectivity index (χ1n) is 4.68. The van der Waals surface area contributed by atoms with E-state index < -0.39 is 0 Å². The predicted octanol–water partition coefficient (Wildman–Crippen LogP) is 1.71. The average molecular weight is 211 g/mol. The highest BCUT2D eigenvalue weighted by molar-refractivity contribution is 5.48. The average Bonchev–Trinajstić information content (AvgIpc) is 2.29.